The molecule has 1 amide bonds. The van der Waals surface area contributed by atoms with E-state index in [1.165, 1.54) is 11.8 Å². The standard InChI is InChI=1S/C25H25N5O2/c26-23-21(16-27-30(23)20-9-5-2-6-10-20)24-28-22(17-32-24)25(31)29-13-11-19(12-14-29)15-18-7-3-1-4-8-18/h1-10,16-17,19H,11-15,26H2. The molecule has 0 aliphatic carbocycles. The molecular formula is C25H25N5O2. The molecule has 7 heteroatoms. The highest BCUT2D eigenvalue weighted by atomic mass is 16.3. The number of rotatable bonds is 5. The number of carbonyl (C=O) groups excluding carboxylic acids is 1. The molecule has 0 radical (unpaired) electrons. The Morgan fingerprint density at radius 2 is 1.72 bits per heavy atom. The lowest BCUT2D eigenvalue weighted by Gasteiger charge is -2.31. The second-order valence-electron chi connectivity index (χ2n) is 8.15. The van der Waals surface area contributed by atoms with E-state index in [0.717, 1.165) is 38.0 Å². The summed E-state index contributed by atoms with van der Waals surface area (Å²) in [6.45, 7) is 1.46. The average molecular weight is 428 g/mol. The van der Waals surface area contributed by atoms with Crippen LogP contribution in [0.15, 0.2) is 77.5 Å². The summed E-state index contributed by atoms with van der Waals surface area (Å²) in [6, 6.07) is 20.1. The third-order valence-corrected chi connectivity index (χ3v) is 6.03. The van der Waals surface area contributed by atoms with Gasteiger partial charge in [-0.05, 0) is 42.9 Å². The van der Waals surface area contributed by atoms with Crippen LogP contribution in [0.2, 0.25) is 0 Å². The van der Waals surface area contributed by atoms with Gasteiger partial charge in [0.25, 0.3) is 5.91 Å². The highest BCUT2D eigenvalue weighted by Gasteiger charge is 2.26. The van der Waals surface area contributed by atoms with E-state index >= 15 is 0 Å². The van der Waals surface area contributed by atoms with Crippen molar-refractivity contribution in [2.45, 2.75) is 19.3 Å². The summed E-state index contributed by atoms with van der Waals surface area (Å²) < 4.78 is 7.22. The first kappa shape index (κ1) is 20.1. The van der Waals surface area contributed by atoms with Crippen LogP contribution in [-0.2, 0) is 6.42 Å². The number of oxazole rings is 1. The molecule has 1 saturated heterocycles. The summed E-state index contributed by atoms with van der Waals surface area (Å²) in [5.74, 6) is 1.20. The molecule has 0 spiro atoms. The maximum Gasteiger partial charge on any atom is 0.275 e. The van der Waals surface area contributed by atoms with E-state index in [-0.39, 0.29) is 5.91 Å². The fraction of sp³-hybridized carbons (Fsp3) is 0.240. The van der Waals surface area contributed by atoms with E-state index in [0.29, 0.717) is 28.9 Å². The van der Waals surface area contributed by atoms with Crippen molar-refractivity contribution in [3.8, 4) is 17.1 Å². The predicted octanol–water partition coefficient (Wildman–Crippen LogP) is 4.20. The van der Waals surface area contributed by atoms with Crippen LogP contribution < -0.4 is 5.73 Å². The Bertz CT molecular complexity index is 1190. The van der Waals surface area contributed by atoms with Gasteiger partial charge >= 0.3 is 0 Å². The van der Waals surface area contributed by atoms with Gasteiger partial charge in [0.15, 0.2) is 5.69 Å². The zero-order valence-corrected chi connectivity index (χ0v) is 17.7. The van der Waals surface area contributed by atoms with Crippen molar-refractivity contribution in [3.05, 3.63) is 84.4 Å². The highest BCUT2D eigenvalue weighted by Crippen LogP contribution is 2.28. The van der Waals surface area contributed by atoms with Crippen LogP contribution in [-0.4, -0.2) is 38.7 Å². The number of benzene rings is 2. The molecule has 4 aromatic rings. The third-order valence-electron chi connectivity index (χ3n) is 6.03. The topological polar surface area (TPSA) is 90.2 Å². The van der Waals surface area contributed by atoms with Crippen molar-refractivity contribution in [2.75, 3.05) is 18.8 Å². The number of carbonyl (C=O) groups is 1. The van der Waals surface area contributed by atoms with Gasteiger partial charge in [-0.2, -0.15) is 5.10 Å². The van der Waals surface area contributed by atoms with E-state index in [1.807, 2.05) is 41.3 Å². The molecule has 0 atom stereocenters. The predicted molar refractivity (Wildman–Crippen MR) is 122 cm³/mol. The molecule has 2 aromatic carbocycles. The molecule has 2 N–H and O–H groups in total. The maximum absolute atomic E-state index is 13.0. The SMILES string of the molecule is Nc1c(-c2nc(C(=O)N3CCC(Cc4ccccc4)CC3)co2)cnn1-c1ccccc1. The van der Waals surface area contributed by atoms with E-state index < -0.39 is 0 Å². The van der Waals surface area contributed by atoms with E-state index in [9.17, 15) is 4.79 Å². The molecule has 5 rings (SSSR count). The van der Waals surface area contributed by atoms with Crippen molar-refractivity contribution in [1.29, 1.82) is 0 Å². The Morgan fingerprint density at radius 3 is 2.44 bits per heavy atom. The van der Waals surface area contributed by atoms with Crippen LogP contribution in [0.3, 0.4) is 0 Å². The Balaban J connectivity index is 1.25. The van der Waals surface area contributed by atoms with Gasteiger partial charge < -0.3 is 15.1 Å². The van der Waals surface area contributed by atoms with E-state index in [1.54, 1.807) is 10.9 Å². The molecule has 0 saturated carbocycles. The molecule has 1 fully saturated rings. The second-order valence-corrected chi connectivity index (χ2v) is 8.15. The van der Waals surface area contributed by atoms with Crippen molar-refractivity contribution in [2.24, 2.45) is 5.92 Å². The average Bonchev–Trinajstić information content (AvgIpc) is 3.47. The molecule has 2 aromatic heterocycles. The smallest absolute Gasteiger partial charge is 0.275 e. The zero-order valence-electron chi connectivity index (χ0n) is 17.7. The number of para-hydroxylation sites is 1. The summed E-state index contributed by atoms with van der Waals surface area (Å²) in [6.07, 6.45) is 6.05. The molecular weight excluding hydrogens is 402 g/mol. The lowest BCUT2D eigenvalue weighted by Crippen LogP contribution is -2.39. The number of hydrogen-bond acceptors (Lipinski definition) is 5. The van der Waals surface area contributed by atoms with Crippen molar-refractivity contribution in [1.82, 2.24) is 19.7 Å². The van der Waals surface area contributed by atoms with Gasteiger partial charge in [-0.1, -0.05) is 48.5 Å². The minimum atomic E-state index is -0.104. The fourth-order valence-corrected chi connectivity index (χ4v) is 4.24. The zero-order chi connectivity index (χ0) is 21.9. The van der Waals surface area contributed by atoms with Crippen molar-refractivity contribution in [3.63, 3.8) is 0 Å². The van der Waals surface area contributed by atoms with Crippen LogP contribution in [0, 0.1) is 5.92 Å². The summed E-state index contributed by atoms with van der Waals surface area (Å²) >= 11 is 0. The number of nitrogens with zero attached hydrogens (tertiary/aromatic N) is 4. The van der Waals surface area contributed by atoms with Gasteiger partial charge in [-0.25, -0.2) is 9.67 Å². The van der Waals surface area contributed by atoms with Crippen LogP contribution in [0.1, 0.15) is 28.9 Å². The molecule has 1 aliphatic rings. The molecule has 7 nitrogen and oxygen atoms in total. The highest BCUT2D eigenvalue weighted by molar-refractivity contribution is 5.92. The Labute approximate surface area is 186 Å². The number of amides is 1. The minimum Gasteiger partial charge on any atom is -0.443 e. The molecule has 0 unspecified atom stereocenters. The molecule has 32 heavy (non-hydrogen) atoms. The Hall–Kier alpha value is -3.87. The number of likely N-dealkylation sites (tertiary alicyclic amines) is 1. The molecule has 3 heterocycles. The first-order valence-corrected chi connectivity index (χ1v) is 10.9. The van der Waals surface area contributed by atoms with Gasteiger partial charge in [0.05, 0.1) is 17.4 Å². The summed E-state index contributed by atoms with van der Waals surface area (Å²) in [4.78, 5) is 19.3. The Kier molecular flexibility index (Phi) is 5.46. The number of hydrogen-bond donors (Lipinski definition) is 1. The third kappa shape index (κ3) is 4.01. The van der Waals surface area contributed by atoms with Crippen molar-refractivity contribution < 1.29 is 9.21 Å². The lowest BCUT2D eigenvalue weighted by molar-refractivity contribution is 0.0684. The first-order chi connectivity index (χ1) is 15.7. The largest absolute Gasteiger partial charge is 0.443 e. The van der Waals surface area contributed by atoms with E-state index in [2.05, 4.69) is 34.3 Å². The number of piperidine rings is 1. The Morgan fingerprint density at radius 1 is 1.03 bits per heavy atom. The first-order valence-electron chi connectivity index (χ1n) is 10.9. The van der Waals surface area contributed by atoms with E-state index in [4.69, 9.17) is 10.2 Å². The monoisotopic (exact) mass is 427 g/mol. The molecule has 1 aliphatic heterocycles. The summed E-state index contributed by atoms with van der Waals surface area (Å²) in [7, 11) is 0. The van der Waals surface area contributed by atoms with Gasteiger partial charge in [-0.15, -0.1) is 0 Å². The second kappa shape index (κ2) is 8.70. The maximum atomic E-state index is 13.0. The number of aromatic nitrogens is 3. The normalized spacial score (nSPS) is 14.6. The lowest BCUT2D eigenvalue weighted by atomic mass is 9.90. The van der Waals surface area contributed by atoms with Gasteiger partial charge in [-0.3, -0.25) is 4.79 Å². The number of anilines is 1. The molecule has 162 valence electrons. The van der Waals surface area contributed by atoms with Crippen molar-refractivity contribution >= 4 is 11.7 Å². The minimum absolute atomic E-state index is 0.104. The van der Waals surface area contributed by atoms with Crippen LogP contribution >= 0.6 is 0 Å². The van der Waals surface area contributed by atoms with Crippen LogP contribution in [0.25, 0.3) is 17.1 Å². The van der Waals surface area contributed by atoms with Crippen LogP contribution in [0.5, 0.6) is 0 Å². The number of nitrogen functional groups attached to an aromatic ring is 1. The van der Waals surface area contributed by atoms with Gasteiger partial charge in [0.2, 0.25) is 5.89 Å². The van der Waals surface area contributed by atoms with Gasteiger partial charge in [0, 0.05) is 13.1 Å². The summed E-state index contributed by atoms with van der Waals surface area (Å²) in [5, 5.41) is 4.35. The van der Waals surface area contributed by atoms with Crippen LogP contribution in [0.4, 0.5) is 5.82 Å². The fourth-order valence-electron chi connectivity index (χ4n) is 4.24. The number of nitrogens with two attached hydrogens (primary N) is 1. The summed E-state index contributed by atoms with van der Waals surface area (Å²) in [5.41, 5.74) is 9.34. The molecule has 0 bridgehead atoms. The quantitative estimate of drug-likeness (QED) is 0.515. The van der Waals surface area contributed by atoms with Gasteiger partial charge in [0.1, 0.15) is 12.1 Å².